The van der Waals surface area contributed by atoms with E-state index in [1.165, 1.54) is 64.0 Å². The third-order valence-electron chi connectivity index (χ3n) is 11.9. The standard InChI is InChI=1S/C56H35NOS/c1-2-15-37(16-3-1)53-47-23-6-4-19-43(47)44-20-5-7-24-48(44)54(53)57(39-33-31-36(32-34-39)41-25-13-27-49-45-21-8-10-29-51(45)58-55(41)49)40-18-12-17-38(35-40)42-26-14-28-50-46-22-9-11-30-52(46)59-56(42)50/h1-35H. The van der Waals surface area contributed by atoms with Crippen LogP contribution < -0.4 is 4.90 Å². The van der Waals surface area contributed by atoms with E-state index in [0.29, 0.717) is 0 Å². The Morgan fingerprint density at radius 2 is 0.949 bits per heavy atom. The van der Waals surface area contributed by atoms with Crippen LogP contribution in [0, 0.1) is 0 Å². The highest BCUT2D eigenvalue weighted by atomic mass is 32.1. The van der Waals surface area contributed by atoms with Gasteiger partial charge in [0, 0.05) is 58.8 Å². The first-order valence-corrected chi connectivity index (χ1v) is 20.9. The van der Waals surface area contributed by atoms with Crippen molar-refractivity contribution in [2.45, 2.75) is 0 Å². The molecule has 2 nitrogen and oxygen atoms in total. The van der Waals surface area contributed by atoms with Crippen LogP contribution in [0.2, 0.25) is 0 Å². The van der Waals surface area contributed by atoms with Crippen LogP contribution in [0.1, 0.15) is 0 Å². The van der Waals surface area contributed by atoms with E-state index in [1.54, 1.807) is 0 Å². The molecule has 0 aliphatic carbocycles. The normalized spacial score (nSPS) is 11.7. The molecule has 0 radical (unpaired) electrons. The molecule has 3 heteroatoms. The van der Waals surface area contributed by atoms with Crippen molar-refractivity contribution in [2.75, 3.05) is 4.90 Å². The highest BCUT2D eigenvalue weighted by Gasteiger charge is 2.24. The van der Waals surface area contributed by atoms with E-state index in [0.717, 1.165) is 50.1 Å². The predicted molar refractivity (Wildman–Crippen MR) is 253 cm³/mol. The molecule has 2 aromatic heterocycles. The number of benzene rings is 10. The van der Waals surface area contributed by atoms with Gasteiger partial charge in [0.2, 0.25) is 0 Å². The maximum Gasteiger partial charge on any atom is 0.143 e. The van der Waals surface area contributed by atoms with Crippen LogP contribution in [-0.4, -0.2) is 0 Å². The minimum atomic E-state index is 0.903. The van der Waals surface area contributed by atoms with Crippen molar-refractivity contribution in [1.82, 2.24) is 0 Å². The largest absolute Gasteiger partial charge is 0.455 e. The minimum Gasteiger partial charge on any atom is -0.455 e. The van der Waals surface area contributed by atoms with Gasteiger partial charge in [0.1, 0.15) is 11.2 Å². The molecule has 0 aliphatic rings. The van der Waals surface area contributed by atoms with Gasteiger partial charge in [0.05, 0.1) is 5.69 Å². The molecule has 59 heavy (non-hydrogen) atoms. The first-order valence-electron chi connectivity index (χ1n) is 20.1. The molecule has 12 rings (SSSR count). The van der Waals surface area contributed by atoms with Crippen LogP contribution in [0.15, 0.2) is 217 Å². The number of fused-ring (bicyclic) bond motifs is 9. The fourth-order valence-corrected chi connectivity index (χ4v) is 10.4. The fraction of sp³-hybridized carbons (Fsp3) is 0. The minimum absolute atomic E-state index is 0.903. The molecule has 2 heterocycles. The summed E-state index contributed by atoms with van der Waals surface area (Å²) in [5.41, 5.74) is 12.1. The Morgan fingerprint density at radius 1 is 0.356 bits per heavy atom. The van der Waals surface area contributed by atoms with Crippen LogP contribution in [0.4, 0.5) is 17.1 Å². The summed E-state index contributed by atoms with van der Waals surface area (Å²) in [5, 5.41) is 9.75. The summed E-state index contributed by atoms with van der Waals surface area (Å²) >= 11 is 1.87. The summed E-state index contributed by atoms with van der Waals surface area (Å²) in [6, 6.07) is 77.0. The zero-order valence-electron chi connectivity index (χ0n) is 32.0. The molecule has 276 valence electrons. The monoisotopic (exact) mass is 769 g/mol. The molecule has 0 spiro atoms. The first-order chi connectivity index (χ1) is 29.3. The number of rotatable bonds is 6. The molecular weight excluding hydrogens is 735 g/mol. The zero-order valence-corrected chi connectivity index (χ0v) is 32.8. The first kappa shape index (κ1) is 33.7. The zero-order chi connectivity index (χ0) is 38.9. The molecule has 0 fully saturated rings. The maximum atomic E-state index is 6.50. The van der Waals surface area contributed by atoms with Crippen molar-refractivity contribution < 1.29 is 4.42 Å². The van der Waals surface area contributed by atoms with Crippen molar-refractivity contribution in [3.63, 3.8) is 0 Å². The summed E-state index contributed by atoms with van der Waals surface area (Å²) in [7, 11) is 0. The highest BCUT2D eigenvalue weighted by molar-refractivity contribution is 7.26. The van der Waals surface area contributed by atoms with Crippen molar-refractivity contribution in [3.8, 4) is 33.4 Å². The smallest absolute Gasteiger partial charge is 0.143 e. The lowest BCUT2D eigenvalue weighted by Crippen LogP contribution is -2.12. The van der Waals surface area contributed by atoms with E-state index in [9.17, 15) is 0 Å². The SMILES string of the molecule is c1ccc(-c2c(N(c3ccc(-c4cccc5c4oc4ccccc45)cc3)c3cccc(-c4cccc5c4sc4ccccc45)c3)c3ccccc3c3ccccc23)cc1. The molecule has 0 aliphatic heterocycles. The van der Waals surface area contributed by atoms with Crippen LogP contribution in [0.3, 0.4) is 0 Å². The van der Waals surface area contributed by atoms with Gasteiger partial charge in [-0.3, -0.25) is 0 Å². The lowest BCUT2D eigenvalue weighted by Gasteiger charge is -2.31. The summed E-state index contributed by atoms with van der Waals surface area (Å²) < 4.78 is 9.12. The van der Waals surface area contributed by atoms with E-state index in [2.05, 4.69) is 205 Å². The number of para-hydroxylation sites is 2. The summed E-state index contributed by atoms with van der Waals surface area (Å²) in [6.07, 6.45) is 0. The summed E-state index contributed by atoms with van der Waals surface area (Å²) in [5.74, 6) is 0. The Bertz CT molecular complexity index is 3560. The number of hydrogen-bond acceptors (Lipinski definition) is 3. The molecule has 0 amide bonds. The summed E-state index contributed by atoms with van der Waals surface area (Å²) in [4.78, 5) is 2.48. The molecule has 0 bridgehead atoms. The van der Waals surface area contributed by atoms with Gasteiger partial charge in [-0.1, -0.05) is 176 Å². The number of thiophene rings is 1. The number of nitrogens with zero attached hydrogens (tertiary/aromatic N) is 1. The quantitative estimate of drug-likeness (QED) is 0.157. The number of hydrogen-bond donors (Lipinski definition) is 0. The van der Waals surface area contributed by atoms with Crippen molar-refractivity contribution in [1.29, 1.82) is 0 Å². The third-order valence-corrected chi connectivity index (χ3v) is 13.1. The van der Waals surface area contributed by atoms with Gasteiger partial charge < -0.3 is 9.32 Å². The van der Waals surface area contributed by atoms with Gasteiger partial charge in [0.25, 0.3) is 0 Å². The number of anilines is 3. The predicted octanol–water partition coefficient (Wildman–Crippen LogP) is 16.7. The van der Waals surface area contributed by atoms with E-state index in [1.807, 2.05) is 23.5 Å². The maximum absolute atomic E-state index is 6.50. The van der Waals surface area contributed by atoms with Crippen molar-refractivity contribution in [3.05, 3.63) is 212 Å². The average molecular weight is 770 g/mol. The van der Waals surface area contributed by atoms with Gasteiger partial charge in [-0.05, 0) is 74.8 Å². The molecule has 12 aromatic rings. The molecule has 0 atom stereocenters. The lowest BCUT2D eigenvalue weighted by molar-refractivity contribution is 0.670. The molecule has 0 saturated heterocycles. The van der Waals surface area contributed by atoms with Crippen molar-refractivity contribution >= 4 is 92.1 Å². The van der Waals surface area contributed by atoms with Gasteiger partial charge in [-0.15, -0.1) is 11.3 Å². The fourth-order valence-electron chi connectivity index (χ4n) is 9.21. The van der Waals surface area contributed by atoms with E-state index < -0.39 is 0 Å². The summed E-state index contributed by atoms with van der Waals surface area (Å²) in [6.45, 7) is 0. The van der Waals surface area contributed by atoms with Gasteiger partial charge >= 0.3 is 0 Å². The van der Waals surface area contributed by atoms with Crippen LogP contribution >= 0.6 is 11.3 Å². The highest BCUT2D eigenvalue weighted by Crippen LogP contribution is 2.50. The second kappa shape index (κ2) is 13.6. The van der Waals surface area contributed by atoms with Crippen LogP contribution in [0.5, 0.6) is 0 Å². The topological polar surface area (TPSA) is 16.4 Å². The number of furan rings is 1. The molecule has 0 unspecified atom stereocenters. The second-order valence-electron chi connectivity index (χ2n) is 15.2. The van der Waals surface area contributed by atoms with Crippen LogP contribution in [0.25, 0.3) is 97.0 Å². The van der Waals surface area contributed by atoms with Crippen molar-refractivity contribution in [2.24, 2.45) is 0 Å². The third kappa shape index (κ3) is 5.40. The van der Waals surface area contributed by atoms with E-state index in [4.69, 9.17) is 4.42 Å². The molecule has 0 saturated carbocycles. The Labute approximate surface area is 345 Å². The second-order valence-corrected chi connectivity index (χ2v) is 16.2. The van der Waals surface area contributed by atoms with E-state index in [-0.39, 0.29) is 0 Å². The molecular formula is C56H35NOS. The Balaban J connectivity index is 1.12. The van der Waals surface area contributed by atoms with Crippen LogP contribution in [-0.2, 0) is 0 Å². The molecule has 10 aromatic carbocycles. The van der Waals surface area contributed by atoms with Gasteiger partial charge in [0.15, 0.2) is 0 Å². The molecule has 0 N–H and O–H groups in total. The van der Waals surface area contributed by atoms with Gasteiger partial charge in [-0.2, -0.15) is 0 Å². The lowest BCUT2D eigenvalue weighted by atomic mass is 9.90. The average Bonchev–Trinajstić information content (AvgIpc) is 3.89. The Morgan fingerprint density at radius 3 is 1.76 bits per heavy atom. The van der Waals surface area contributed by atoms with Gasteiger partial charge in [-0.25, -0.2) is 0 Å². The van der Waals surface area contributed by atoms with E-state index >= 15 is 0 Å². The Kier molecular flexibility index (Phi) is 7.75. The Hall–Kier alpha value is -7.46.